The Kier molecular flexibility index (Phi) is 5.36. The minimum Gasteiger partial charge on any atom is -0.347 e. The van der Waals surface area contributed by atoms with Gasteiger partial charge in [-0.1, -0.05) is 19.1 Å². The van der Waals surface area contributed by atoms with Crippen molar-refractivity contribution in [2.75, 3.05) is 18.0 Å². The second-order valence-electron chi connectivity index (χ2n) is 4.11. The number of nitrogens with one attached hydrogen (secondary N) is 1. The highest BCUT2D eigenvalue weighted by molar-refractivity contribution is 5.96. The Morgan fingerprint density at radius 3 is 2.56 bits per heavy atom. The quantitative estimate of drug-likeness (QED) is 0.865. The fraction of sp³-hybridized carbons (Fsp3) is 0.429. The molecule has 0 aliphatic carbocycles. The molecule has 18 heavy (non-hydrogen) atoms. The third-order valence-corrected chi connectivity index (χ3v) is 2.69. The van der Waals surface area contributed by atoms with E-state index in [-0.39, 0.29) is 18.4 Å². The highest BCUT2D eigenvalue weighted by atomic mass is 16.2. The lowest BCUT2D eigenvalue weighted by Gasteiger charge is -2.21. The number of carbonyl (C=O) groups excluding carboxylic acids is 2. The molecule has 0 saturated heterocycles. The molecule has 0 atom stereocenters. The van der Waals surface area contributed by atoms with Gasteiger partial charge in [-0.15, -0.1) is 0 Å². The second-order valence-corrected chi connectivity index (χ2v) is 4.11. The number of carbonyl (C=O) groups is 2. The second kappa shape index (κ2) is 6.79. The molecule has 0 spiro atoms. The number of nitrogens with zero attached hydrogens (tertiary/aromatic N) is 1. The van der Waals surface area contributed by atoms with Crippen molar-refractivity contribution in [2.24, 2.45) is 0 Å². The number of amides is 2. The van der Waals surface area contributed by atoms with Crippen LogP contribution < -0.4 is 10.2 Å². The van der Waals surface area contributed by atoms with Crippen LogP contribution in [0.3, 0.4) is 0 Å². The number of hydrogen-bond donors (Lipinski definition) is 1. The van der Waals surface area contributed by atoms with Crippen LogP contribution in [0.4, 0.5) is 5.69 Å². The molecule has 0 bridgehead atoms. The van der Waals surface area contributed by atoms with Gasteiger partial charge >= 0.3 is 0 Å². The molecule has 2 amide bonds. The van der Waals surface area contributed by atoms with Crippen LogP contribution in [0.15, 0.2) is 24.3 Å². The lowest BCUT2D eigenvalue weighted by molar-refractivity contribution is -0.124. The fourth-order valence-corrected chi connectivity index (χ4v) is 1.69. The molecule has 1 rings (SSSR count). The van der Waals surface area contributed by atoms with Crippen molar-refractivity contribution in [3.63, 3.8) is 0 Å². The van der Waals surface area contributed by atoms with Crippen molar-refractivity contribution >= 4 is 17.5 Å². The number of hydrogen-bond acceptors (Lipinski definition) is 2. The van der Waals surface area contributed by atoms with Gasteiger partial charge in [0.25, 0.3) is 0 Å². The van der Waals surface area contributed by atoms with Crippen LogP contribution in [0.1, 0.15) is 25.8 Å². The van der Waals surface area contributed by atoms with Crippen LogP contribution in [0.5, 0.6) is 0 Å². The van der Waals surface area contributed by atoms with Crippen LogP contribution in [0, 0.1) is 6.92 Å². The lowest BCUT2D eigenvalue weighted by atomic mass is 10.2. The summed E-state index contributed by atoms with van der Waals surface area (Å²) in [6, 6.07) is 7.77. The molecule has 0 aliphatic rings. The zero-order valence-corrected chi connectivity index (χ0v) is 11.2. The lowest BCUT2D eigenvalue weighted by Crippen LogP contribution is -2.40. The summed E-state index contributed by atoms with van der Waals surface area (Å²) in [6.07, 6.45) is 0.393. The maximum atomic E-state index is 12.0. The van der Waals surface area contributed by atoms with E-state index in [0.717, 1.165) is 11.3 Å². The molecule has 0 saturated carbocycles. The smallest absolute Gasteiger partial charge is 0.246 e. The maximum absolute atomic E-state index is 12.0. The summed E-state index contributed by atoms with van der Waals surface area (Å²) in [5, 5.41) is 2.60. The van der Waals surface area contributed by atoms with Crippen LogP contribution in [-0.2, 0) is 9.59 Å². The molecule has 0 aromatic heterocycles. The molecular weight excluding hydrogens is 228 g/mol. The summed E-state index contributed by atoms with van der Waals surface area (Å²) in [5.74, 6) is -0.200. The first kappa shape index (κ1) is 14.2. The topological polar surface area (TPSA) is 49.4 Å². The van der Waals surface area contributed by atoms with E-state index >= 15 is 0 Å². The highest BCUT2D eigenvalue weighted by Gasteiger charge is 2.14. The van der Waals surface area contributed by atoms with E-state index in [1.54, 1.807) is 11.8 Å². The molecule has 4 heteroatoms. The van der Waals surface area contributed by atoms with Crippen LogP contribution in [0.25, 0.3) is 0 Å². The molecule has 0 heterocycles. The minimum atomic E-state index is -0.108. The minimum absolute atomic E-state index is 0.0501. The van der Waals surface area contributed by atoms with Crippen molar-refractivity contribution < 1.29 is 9.59 Å². The number of aryl methyl sites for hydroxylation is 1. The molecule has 1 aromatic carbocycles. The van der Waals surface area contributed by atoms with Crippen molar-refractivity contribution in [1.82, 2.24) is 5.32 Å². The first-order chi connectivity index (χ1) is 8.58. The maximum Gasteiger partial charge on any atom is 0.246 e. The fourth-order valence-electron chi connectivity index (χ4n) is 1.69. The van der Waals surface area contributed by atoms with Crippen LogP contribution in [0.2, 0.25) is 0 Å². The number of likely N-dealkylation sites (N-methyl/N-ethyl adjacent to an activating group) is 1. The van der Waals surface area contributed by atoms with Crippen molar-refractivity contribution in [2.45, 2.75) is 27.2 Å². The normalized spacial score (nSPS) is 9.94. The summed E-state index contributed by atoms with van der Waals surface area (Å²) in [5.41, 5.74) is 1.98. The Morgan fingerprint density at radius 2 is 2.00 bits per heavy atom. The largest absolute Gasteiger partial charge is 0.347 e. The van der Waals surface area contributed by atoms with Gasteiger partial charge < -0.3 is 10.2 Å². The Labute approximate surface area is 108 Å². The van der Waals surface area contributed by atoms with Gasteiger partial charge in [0, 0.05) is 18.7 Å². The van der Waals surface area contributed by atoms with E-state index in [2.05, 4.69) is 5.32 Å². The van der Waals surface area contributed by atoms with Gasteiger partial charge in [0.1, 0.15) is 0 Å². The SMILES string of the molecule is CCC(=O)NCC(=O)N(CC)c1cccc(C)c1. The van der Waals surface area contributed by atoms with Crippen molar-refractivity contribution in [1.29, 1.82) is 0 Å². The predicted molar refractivity (Wildman–Crippen MR) is 72.5 cm³/mol. The Morgan fingerprint density at radius 1 is 1.28 bits per heavy atom. The van der Waals surface area contributed by atoms with E-state index in [4.69, 9.17) is 0 Å². The van der Waals surface area contributed by atoms with Crippen LogP contribution >= 0.6 is 0 Å². The van der Waals surface area contributed by atoms with Crippen molar-refractivity contribution in [3.8, 4) is 0 Å². The number of anilines is 1. The van der Waals surface area contributed by atoms with E-state index in [1.165, 1.54) is 0 Å². The molecule has 0 fully saturated rings. The molecule has 4 nitrogen and oxygen atoms in total. The summed E-state index contributed by atoms with van der Waals surface area (Å²) < 4.78 is 0. The third kappa shape index (κ3) is 3.87. The molecule has 98 valence electrons. The molecule has 0 aliphatic heterocycles. The summed E-state index contributed by atoms with van der Waals surface area (Å²) in [7, 11) is 0. The Balaban J connectivity index is 2.71. The van der Waals surface area contributed by atoms with Gasteiger partial charge in [0.05, 0.1) is 6.54 Å². The summed E-state index contributed by atoms with van der Waals surface area (Å²) >= 11 is 0. The Hall–Kier alpha value is -1.84. The van der Waals surface area contributed by atoms with E-state index < -0.39 is 0 Å². The predicted octanol–water partition coefficient (Wildman–Crippen LogP) is 1.87. The summed E-state index contributed by atoms with van der Waals surface area (Å²) in [4.78, 5) is 24.8. The van der Waals surface area contributed by atoms with E-state index in [0.29, 0.717) is 13.0 Å². The number of rotatable bonds is 5. The average molecular weight is 248 g/mol. The number of benzene rings is 1. The van der Waals surface area contributed by atoms with Crippen LogP contribution in [-0.4, -0.2) is 24.9 Å². The van der Waals surface area contributed by atoms with Gasteiger partial charge in [-0.05, 0) is 31.5 Å². The highest BCUT2D eigenvalue weighted by Crippen LogP contribution is 2.15. The van der Waals surface area contributed by atoms with Gasteiger partial charge in [-0.25, -0.2) is 0 Å². The molecule has 1 N–H and O–H groups in total. The third-order valence-electron chi connectivity index (χ3n) is 2.69. The zero-order chi connectivity index (χ0) is 13.5. The van der Waals surface area contributed by atoms with Crippen molar-refractivity contribution in [3.05, 3.63) is 29.8 Å². The average Bonchev–Trinajstić information content (AvgIpc) is 2.37. The van der Waals surface area contributed by atoms with Gasteiger partial charge in [0.2, 0.25) is 11.8 Å². The standard InChI is InChI=1S/C14H20N2O2/c1-4-13(17)15-10-14(18)16(5-2)12-8-6-7-11(3)9-12/h6-9H,4-5,10H2,1-3H3,(H,15,17). The Bertz CT molecular complexity index is 430. The van der Waals surface area contributed by atoms with Gasteiger partial charge in [0.15, 0.2) is 0 Å². The first-order valence-electron chi connectivity index (χ1n) is 6.22. The molecule has 0 radical (unpaired) electrons. The summed E-state index contributed by atoms with van der Waals surface area (Å²) in [6.45, 7) is 6.30. The molecule has 0 unspecified atom stereocenters. The van der Waals surface area contributed by atoms with Gasteiger partial charge in [-0.3, -0.25) is 9.59 Å². The first-order valence-corrected chi connectivity index (χ1v) is 6.22. The van der Waals surface area contributed by atoms with Gasteiger partial charge in [-0.2, -0.15) is 0 Å². The monoisotopic (exact) mass is 248 g/mol. The van der Waals surface area contributed by atoms with E-state index in [9.17, 15) is 9.59 Å². The molecular formula is C14H20N2O2. The molecule has 1 aromatic rings. The van der Waals surface area contributed by atoms with E-state index in [1.807, 2.05) is 38.1 Å². The zero-order valence-electron chi connectivity index (χ0n) is 11.2.